The van der Waals surface area contributed by atoms with Gasteiger partial charge in [0.1, 0.15) is 11.8 Å². The van der Waals surface area contributed by atoms with Crippen LogP contribution in [0, 0.1) is 18.3 Å². The Morgan fingerprint density at radius 3 is 2.68 bits per heavy atom. The Labute approximate surface area is 148 Å². The lowest BCUT2D eigenvalue weighted by Gasteiger charge is -2.25. The van der Waals surface area contributed by atoms with Crippen LogP contribution in [0.15, 0.2) is 36.4 Å². The number of nitrogens with zero attached hydrogens (tertiary/aromatic N) is 3. The normalized spacial score (nSPS) is 15.4. The summed E-state index contributed by atoms with van der Waals surface area (Å²) >= 11 is 0. The van der Waals surface area contributed by atoms with E-state index in [2.05, 4.69) is 23.5 Å². The average molecular weight is 336 g/mol. The van der Waals surface area contributed by atoms with Crippen molar-refractivity contribution in [3.05, 3.63) is 58.9 Å². The molecule has 1 aliphatic rings. The number of carbonyl (C=O) groups is 1. The molecule has 25 heavy (non-hydrogen) atoms. The lowest BCUT2D eigenvalue weighted by atomic mass is 10.1. The fraction of sp³-hybridized carbons (Fsp3) is 0.400. The van der Waals surface area contributed by atoms with Gasteiger partial charge in [-0.05, 0) is 30.5 Å². The third-order valence-corrected chi connectivity index (χ3v) is 5.07. The molecular formula is C20H24N4O. The van der Waals surface area contributed by atoms with Gasteiger partial charge >= 0.3 is 0 Å². The molecule has 1 fully saturated rings. The maximum absolute atomic E-state index is 12.0. The van der Waals surface area contributed by atoms with Crippen molar-refractivity contribution in [3.63, 3.8) is 0 Å². The topological polar surface area (TPSA) is 61.1 Å². The summed E-state index contributed by atoms with van der Waals surface area (Å²) in [5.41, 5.74) is 4.05. The molecule has 0 bridgehead atoms. The smallest absolute Gasteiger partial charge is 0.222 e. The van der Waals surface area contributed by atoms with Gasteiger partial charge in [-0.3, -0.25) is 4.79 Å². The van der Waals surface area contributed by atoms with E-state index in [0.717, 1.165) is 24.2 Å². The molecule has 1 aromatic heterocycles. The largest absolute Gasteiger partial charge is 0.341 e. The van der Waals surface area contributed by atoms with E-state index < -0.39 is 0 Å². The SMILES string of the molecule is Cc1c(CNC(CN2CCCC2=O)c2ccccc2)cc(C#N)n1C. The molecule has 5 nitrogen and oxygen atoms in total. The Kier molecular flexibility index (Phi) is 5.20. The van der Waals surface area contributed by atoms with Crippen molar-refractivity contribution in [2.75, 3.05) is 13.1 Å². The van der Waals surface area contributed by atoms with Crippen molar-refractivity contribution in [1.82, 2.24) is 14.8 Å². The van der Waals surface area contributed by atoms with Gasteiger partial charge in [0.25, 0.3) is 0 Å². The second-order valence-corrected chi connectivity index (χ2v) is 6.60. The first-order valence-corrected chi connectivity index (χ1v) is 8.71. The molecule has 3 rings (SSSR count). The highest BCUT2D eigenvalue weighted by molar-refractivity contribution is 5.78. The Morgan fingerprint density at radius 2 is 2.08 bits per heavy atom. The van der Waals surface area contributed by atoms with E-state index >= 15 is 0 Å². The highest BCUT2D eigenvalue weighted by Crippen LogP contribution is 2.20. The summed E-state index contributed by atoms with van der Waals surface area (Å²) in [6.45, 7) is 4.22. The van der Waals surface area contributed by atoms with Gasteiger partial charge in [-0.15, -0.1) is 0 Å². The minimum atomic E-state index is 0.0772. The van der Waals surface area contributed by atoms with Gasteiger partial charge in [-0.1, -0.05) is 30.3 Å². The number of likely N-dealkylation sites (tertiary alicyclic amines) is 1. The molecule has 1 aromatic carbocycles. The van der Waals surface area contributed by atoms with Gasteiger partial charge in [-0.25, -0.2) is 0 Å². The van der Waals surface area contributed by atoms with Crippen LogP contribution >= 0.6 is 0 Å². The molecule has 1 N–H and O–H groups in total. The van der Waals surface area contributed by atoms with Crippen LogP contribution in [0.25, 0.3) is 0 Å². The van der Waals surface area contributed by atoms with Crippen LogP contribution in [-0.2, 0) is 18.4 Å². The fourth-order valence-electron chi connectivity index (χ4n) is 3.37. The van der Waals surface area contributed by atoms with Gasteiger partial charge in [0.15, 0.2) is 0 Å². The monoisotopic (exact) mass is 336 g/mol. The number of rotatable bonds is 6. The summed E-state index contributed by atoms with van der Waals surface area (Å²) in [5.74, 6) is 0.241. The molecule has 0 spiro atoms. The Hall–Kier alpha value is -2.58. The van der Waals surface area contributed by atoms with E-state index in [0.29, 0.717) is 25.2 Å². The molecule has 0 aliphatic carbocycles. The van der Waals surface area contributed by atoms with Crippen LogP contribution in [0.2, 0.25) is 0 Å². The molecule has 2 aromatic rings. The molecule has 0 radical (unpaired) electrons. The predicted octanol–water partition coefficient (Wildman–Crippen LogP) is 2.66. The van der Waals surface area contributed by atoms with Crippen molar-refractivity contribution >= 4 is 5.91 Å². The molecule has 1 amide bonds. The first kappa shape index (κ1) is 17.2. The number of aromatic nitrogens is 1. The van der Waals surface area contributed by atoms with Crippen molar-refractivity contribution < 1.29 is 4.79 Å². The lowest BCUT2D eigenvalue weighted by Crippen LogP contribution is -2.35. The van der Waals surface area contributed by atoms with Crippen molar-refractivity contribution in [1.29, 1.82) is 5.26 Å². The molecule has 5 heteroatoms. The van der Waals surface area contributed by atoms with E-state index in [-0.39, 0.29) is 11.9 Å². The number of carbonyl (C=O) groups excluding carboxylic acids is 1. The van der Waals surface area contributed by atoms with E-state index in [9.17, 15) is 10.1 Å². The third-order valence-electron chi connectivity index (χ3n) is 5.07. The number of hydrogen-bond acceptors (Lipinski definition) is 3. The Morgan fingerprint density at radius 1 is 1.32 bits per heavy atom. The second-order valence-electron chi connectivity index (χ2n) is 6.60. The zero-order valence-corrected chi connectivity index (χ0v) is 14.8. The average Bonchev–Trinajstić information content (AvgIpc) is 3.16. The van der Waals surface area contributed by atoms with Gasteiger partial charge < -0.3 is 14.8 Å². The summed E-state index contributed by atoms with van der Waals surface area (Å²) < 4.78 is 1.92. The quantitative estimate of drug-likeness (QED) is 0.882. The molecule has 0 saturated carbocycles. The molecule has 1 unspecified atom stereocenters. The van der Waals surface area contributed by atoms with Crippen LogP contribution in [0.4, 0.5) is 0 Å². The minimum Gasteiger partial charge on any atom is -0.341 e. The molecule has 1 saturated heterocycles. The Balaban J connectivity index is 1.76. The summed E-state index contributed by atoms with van der Waals surface area (Å²) in [5, 5.41) is 12.8. The van der Waals surface area contributed by atoms with Gasteiger partial charge in [0, 0.05) is 38.8 Å². The number of nitrogens with one attached hydrogen (secondary N) is 1. The van der Waals surface area contributed by atoms with Crippen LogP contribution in [0.5, 0.6) is 0 Å². The van der Waals surface area contributed by atoms with Crippen LogP contribution in [0.3, 0.4) is 0 Å². The van der Waals surface area contributed by atoms with Crippen LogP contribution < -0.4 is 5.32 Å². The minimum absolute atomic E-state index is 0.0772. The number of amides is 1. The zero-order valence-electron chi connectivity index (χ0n) is 14.8. The molecule has 2 heterocycles. The first-order valence-electron chi connectivity index (χ1n) is 8.71. The van der Waals surface area contributed by atoms with Gasteiger partial charge in [-0.2, -0.15) is 5.26 Å². The highest BCUT2D eigenvalue weighted by atomic mass is 16.2. The van der Waals surface area contributed by atoms with Crippen molar-refractivity contribution in [3.8, 4) is 6.07 Å². The number of benzene rings is 1. The standard InChI is InChI=1S/C20H24N4O/c1-15-17(11-18(12-21)23(15)2)13-22-19(16-7-4-3-5-8-16)14-24-10-6-9-20(24)25/h3-5,7-8,11,19,22H,6,9-10,13-14H2,1-2H3. The second kappa shape index (κ2) is 7.54. The predicted molar refractivity (Wildman–Crippen MR) is 96.7 cm³/mol. The zero-order chi connectivity index (χ0) is 17.8. The maximum atomic E-state index is 12.0. The fourth-order valence-corrected chi connectivity index (χ4v) is 3.37. The van der Waals surface area contributed by atoms with Gasteiger partial charge in [0.05, 0.1) is 6.04 Å². The highest BCUT2D eigenvalue weighted by Gasteiger charge is 2.24. The summed E-state index contributed by atoms with van der Waals surface area (Å²) in [6.07, 6.45) is 1.61. The van der Waals surface area contributed by atoms with E-state index in [4.69, 9.17) is 0 Å². The molecular weight excluding hydrogens is 312 g/mol. The summed E-state index contributed by atoms with van der Waals surface area (Å²) in [4.78, 5) is 14.0. The lowest BCUT2D eigenvalue weighted by molar-refractivity contribution is -0.128. The summed E-state index contributed by atoms with van der Waals surface area (Å²) in [7, 11) is 1.91. The van der Waals surface area contributed by atoms with E-state index in [1.165, 1.54) is 5.56 Å². The maximum Gasteiger partial charge on any atom is 0.222 e. The first-order chi connectivity index (χ1) is 12.1. The van der Waals surface area contributed by atoms with Crippen LogP contribution in [-0.4, -0.2) is 28.5 Å². The van der Waals surface area contributed by atoms with Crippen LogP contribution in [0.1, 0.15) is 41.4 Å². The van der Waals surface area contributed by atoms with E-state index in [1.807, 2.05) is 47.7 Å². The van der Waals surface area contributed by atoms with Crippen molar-refractivity contribution in [2.45, 2.75) is 32.4 Å². The Bertz CT molecular complexity index is 788. The van der Waals surface area contributed by atoms with E-state index in [1.54, 1.807) is 0 Å². The molecule has 130 valence electrons. The summed E-state index contributed by atoms with van der Waals surface area (Å²) in [6, 6.07) is 14.5. The molecule has 1 atom stereocenters. The van der Waals surface area contributed by atoms with Crippen molar-refractivity contribution in [2.24, 2.45) is 7.05 Å². The third kappa shape index (κ3) is 3.75. The molecule has 1 aliphatic heterocycles. The number of nitriles is 1. The number of hydrogen-bond donors (Lipinski definition) is 1. The van der Waals surface area contributed by atoms with Gasteiger partial charge in [0.2, 0.25) is 5.91 Å².